The summed E-state index contributed by atoms with van der Waals surface area (Å²) in [4.78, 5) is 24.0. The van der Waals surface area contributed by atoms with Crippen LogP contribution in [0.3, 0.4) is 0 Å². The quantitative estimate of drug-likeness (QED) is 0.559. The van der Waals surface area contributed by atoms with Crippen LogP contribution in [0.5, 0.6) is 11.5 Å². The van der Waals surface area contributed by atoms with Crippen LogP contribution in [-0.2, 0) is 11.4 Å². The van der Waals surface area contributed by atoms with E-state index < -0.39 is 12.0 Å². The number of benzene rings is 3. The van der Waals surface area contributed by atoms with E-state index in [1.165, 1.54) is 12.1 Å². The van der Waals surface area contributed by atoms with Gasteiger partial charge in [0.1, 0.15) is 18.1 Å². The Kier molecular flexibility index (Phi) is 6.93. The van der Waals surface area contributed by atoms with Gasteiger partial charge in [-0.2, -0.15) is 0 Å². The number of nitrogens with one attached hydrogen (secondary N) is 1. The molecule has 0 heterocycles. The zero-order valence-corrected chi connectivity index (χ0v) is 17.1. The van der Waals surface area contributed by atoms with Crippen molar-refractivity contribution < 1.29 is 19.1 Å². The molecule has 7 heteroatoms. The van der Waals surface area contributed by atoms with Gasteiger partial charge < -0.3 is 20.5 Å². The third kappa shape index (κ3) is 5.75. The van der Waals surface area contributed by atoms with Crippen molar-refractivity contribution in [2.24, 2.45) is 5.73 Å². The number of halogens is 1. The van der Waals surface area contributed by atoms with Gasteiger partial charge in [-0.3, -0.25) is 9.59 Å². The Bertz CT molecular complexity index is 1020. The van der Waals surface area contributed by atoms with Gasteiger partial charge in [-0.15, -0.1) is 0 Å². The van der Waals surface area contributed by atoms with Crippen molar-refractivity contribution in [2.45, 2.75) is 19.6 Å². The lowest BCUT2D eigenvalue weighted by Gasteiger charge is -2.17. The fraction of sp³-hybridized carbons (Fsp3) is 0.130. The first-order valence-corrected chi connectivity index (χ1v) is 9.64. The smallest absolute Gasteiger partial charge is 0.265 e. The van der Waals surface area contributed by atoms with Crippen LogP contribution in [0, 0.1) is 0 Å². The topological polar surface area (TPSA) is 90.7 Å². The standard InChI is InChI=1S/C23H21ClN2O4/c1-15(30-21-12-7-17(24)13-20(21)22(25)27)23(28)26-18-8-10-19(11-9-18)29-14-16-5-3-2-4-6-16/h2-13,15H,14H2,1H3,(H2,25,27)(H,26,28). The van der Waals surface area contributed by atoms with E-state index >= 15 is 0 Å². The third-order valence-electron chi connectivity index (χ3n) is 4.25. The van der Waals surface area contributed by atoms with E-state index in [-0.39, 0.29) is 17.2 Å². The van der Waals surface area contributed by atoms with E-state index in [1.807, 2.05) is 30.3 Å². The number of anilines is 1. The van der Waals surface area contributed by atoms with Crippen LogP contribution in [-0.4, -0.2) is 17.9 Å². The Morgan fingerprint density at radius 2 is 1.73 bits per heavy atom. The molecule has 6 nitrogen and oxygen atoms in total. The molecule has 30 heavy (non-hydrogen) atoms. The molecule has 0 radical (unpaired) electrons. The highest BCUT2D eigenvalue weighted by atomic mass is 35.5. The van der Waals surface area contributed by atoms with Gasteiger partial charge in [0.05, 0.1) is 5.56 Å². The average molecular weight is 425 g/mol. The third-order valence-corrected chi connectivity index (χ3v) is 4.49. The molecular weight excluding hydrogens is 404 g/mol. The van der Waals surface area contributed by atoms with Crippen molar-refractivity contribution in [2.75, 3.05) is 5.32 Å². The SMILES string of the molecule is CC(Oc1ccc(Cl)cc1C(N)=O)C(=O)Nc1ccc(OCc2ccccc2)cc1. The lowest BCUT2D eigenvalue weighted by Crippen LogP contribution is -2.30. The molecule has 154 valence electrons. The minimum Gasteiger partial charge on any atom is -0.489 e. The normalized spacial score (nSPS) is 11.4. The molecule has 0 bridgehead atoms. The molecule has 3 aromatic rings. The second-order valence-corrected chi connectivity index (χ2v) is 6.99. The maximum Gasteiger partial charge on any atom is 0.265 e. The summed E-state index contributed by atoms with van der Waals surface area (Å²) in [7, 11) is 0. The molecule has 0 aliphatic heterocycles. The van der Waals surface area contributed by atoms with Gasteiger partial charge in [0, 0.05) is 10.7 Å². The zero-order valence-electron chi connectivity index (χ0n) is 16.3. The molecule has 0 aromatic heterocycles. The molecule has 0 saturated carbocycles. The van der Waals surface area contributed by atoms with E-state index in [1.54, 1.807) is 37.3 Å². The summed E-state index contributed by atoms with van der Waals surface area (Å²) >= 11 is 5.88. The van der Waals surface area contributed by atoms with E-state index in [0.29, 0.717) is 23.1 Å². The summed E-state index contributed by atoms with van der Waals surface area (Å²) in [6.07, 6.45) is -0.863. The molecule has 1 unspecified atom stereocenters. The predicted molar refractivity (Wildman–Crippen MR) is 116 cm³/mol. The first-order valence-electron chi connectivity index (χ1n) is 9.26. The van der Waals surface area contributed by atoms with Crippen molar-refractivity contribution in [1.82, 2.24) is 0 Å². The minimum absolute atomic E-state index is 0.113. The number of carbonyl (C=O) groups is 2. The van der Waals surface area contributed by atoms with Crippen molar-refractivity contribution in [1.29, 1.82) is 0 Å². The fourth-order valence-electron chi connectivity index (χ4n) is 2.66. The summed E-state index contributed by atoms with van der Waals surface area (Å²) in [5.74, 6) is -0.183. The fourth-order valence-corrected chi connectivity index (χ4v) is 2.83. The number of hydrogen-bond donors (Lipinski definition) is 2. The monoisotopic (exact) mass is 424 g/mol. The highest BCUT2D eigenvalue weighted by Crippen LogP contribution is 2.24. The summed E-state index contributed by atoms with van der Waals surface area (Å²) in [6.45, 7) is 2.03. The average Bonchev–Trinajstić information content (AvgIpc) is 2.75. The Morgan fingerprint density at radius 1 is 1.03 bits per heavy atom. The summed E-state index contributed by atoms with van der Waals surface area (Å²) in [5, 5.41) is 3.11. The van der Waals surface area contributed by atoms with E-state index in [2.05, 4.69) is 5.32 Å². The van der Waals surface area contributed by atoms with Crippen LogP contribution < -0.4 is 20.5 Å². The van der Waals surface area contributed by atoms with Crippen LogP contribution in [0.4, 0.5) is 5.69 Å². The van der Waals surface area contributed by atoms with Crippen LogP contribution in [0.15, 0.2) is 72.8 Å². The summed E-state index contributed by atoms with van der Waals surface area (Å²) in [5.41, 5.74) is 7.12. The number of ether oxygens (including phenoxy) is 2. The van der Waals surface area contributed by atoms with Crippen molar-refractivity contribution in [3.8, 4) is 11.5 Å². The van der Waals surface area contributed by atoms with E-state index in [9.17, 15) is 9.59 Å². The highest BCUT2D eigenvalue weighted by molar-refractivity contribution is 6.31. The number of hydrogen-bond acceptors (Lipinski definition) is 4. The van der Waals surface area contributed by atoms with E-state index in [4.69, 9.17) is 26.8 Å². The largest absolute Gasteiger partial charge is 0.489 e. The lowest BCUT2D eigenvalue weighted by molar-refractivity contribution is -0.122. The number of nitrogens with two attached hydrogens (primary N) is 1. The molecule has 0 spiro atoms. The molecule has 0 saturated heterocycles. The molecule has 3 aromatic carbocycles. The van der Waals surface area contributed by atoms with Crippen molar-refractivity contribution >= 4 is 29.1 Å². The minimum atomic E-state index is -0.863. The van der Waals surface area contributed by atoms with Crippen molar-refractivity contribution in [3.05, 3.63) is 88.9 Å². The number of amides is 2. The Balaban J connectivity index is 1.57. The molecule has 0 aliphatic rings. The number of rotatable bonds is 8. The Morgan fingerprint density at radius 3 is 2.40 bits per heavy atom. The maximum atomic E-state index is 12.5. The molecule has 3 N–H and O–H groups in total. The van der Waals surface area contributed by atoms with Gasteiger partial charge in [-0.25, -0.2) is 0 Å². The first-order chi connectivity index (χ1) is 14.4. The number of carbonyl (C=O) groups excluding carboxylic acids is 2. The molecule has 0 fully saturated rings. The van der Waals surface area contributed by atoms with Gasteiger partial charge in [0.2, 0.25) is 0 Å². The molecule has 0 aliphatic carbocycles. The van der Waals surface area contributed by atoms with Crippen LogP contribution >= 0.6 is 11.6 Å². The summed E-state index contributed by atoms with van der Waals surface area (Å²) in [6, 6.07) is 21.3. The molecule has 2 amide bonds. The second-order valence-electron chi connectivity index (χ2n) is 6.55. The van der Waals surface area contributed by atoms with Crippen LogP contribution in [0.25, 0.3) is 0 Å². The summed E-state index contributed by atoms with van der Waals surface area (Å²) < 4.78 is 11.3. The van der Waals surface area contributed by atoms with Gasteiger partial charge in [0.25, 0.3) is 11.8 Å². The number of primary amides is 1. The van der Waals surface area contributed by atoms with Gasteiger partial charge in [-0.05, 0) is 55.0 Å². The molecule has 1 atom stereocenters. The second kappa shape index (κ2) is 9.80. The Hall–Kier alpha value is -3.51. The zero-order chi connectivity index (χ0) is 21.5. The lowest BCUT2D eigenvalue weighted by atomic mass is 10.2. The predicted octanol–water partition coefficient (Wildman–Crippen LogP) is 4.42. The van der Waals surface area contributed by atoms with Crippen molar-refractivity contribution in [3.63, 3.8) is 0 Å². The van der Waals surface area contributed by atoms with Gasteiger partial charge in [-0.1, -0.05) is 41.9 Å². The van der Waals surface area contributed by atoms with Crippen LogP contribution in [0.1, 0.15) is 22.8 Å². The Labute approximate surface area is 179 Å². The molecule has 3 rings (SSSR count). The van der Waals surface area contributed by atoms with Crippen LogP contribution in [0.2, 0.25) is 5.02 Å². The van der Waals surface area contributed by atoms with Gasteiger partial charge >= 0.3 is 0 Å². The first kappa shape index (κ1) is 21.2. The maximum absolute atomic E-state index is 12.5. The highest BCUT2D eigenvalue weighted by Gasteiger charge is 2.18. The van der Waals surface area contributed by atoms with E-state index in [0.717, 1.165) is 5.56 Å². The van der Waals surface area contributed by atoms with Gasteiger partial charge in [0.15, 0.2) is 6.10 Å². The molecular formula is C23H21ClN2O4.